The van der Waals surface area contributed by atoms with Crippen LogP contribution in [0.3, 0.4) is 0 Å². The molecular formula is C16H26N2O4. The molecule has 0 aromatic rings. The molecule has 0 aromatic carbocycles. The molecule has 0 spiro atoms. The molecule has 6 nitrogen and oxygen atoms in total. The van der Waals surface area contributed by atoms with E-state index in [1.54, 1.807) is 4.90 Å². The molecule has 3 aliphatic rings. The first-order valence-corrected chi connectivity index (χ1v) is 8.39. The van der Waals surface area contributed by atoms with Gasteiger partial charge in [-0.1, -0.05) is 6.42 Å². The number of carbonyl (C=O) groups excluding carboxylic acids is 1. The molecule has 1 aliphatic carbocycles. The van der Waals surface area contributed by atoms with E-state index >= 15 is 0 Å². The number of carboxylic acids is 1. The van der Waals surface area contributed by atoms with Crippen LogP contribution in [0.4, 0.5) is 4.79 Å². The highest BCUT2D eigenvalue weighted by atomic mass is 16.5. The van der Waals surface area contributed by atoms with Gasteiger partial charge >= 0.3 is 12.0 Å². The fraction of sp³-hybridized carbons (Fsp3) is 0.875. The van der Waals surface area contributed by atoms with E-state index in [1.165, 1.54) is 0 Å². The van der Waals surface area contributed by atoms with Crippen molar-refractivity contribution < 1.29 is 19.4 Å². The monoisotopic (exact) mass is 310 g/mol. The van der Waals surface area contributed by atoms with Gasteiger partial charge in [-0.05, 0) is 38.5 Å². The number of nitrogens with zero attached hydrogens (tertiary/aromatic N) is 1. The molecule has 3 fully saturated rings. The first kappa shape index (κ1) is 15.6. The van der Waals surface area contributed by atoms with Crippen molar-refractivity contribution in [2.24, 2.45) is 17.3 Å². The van der Waals surface area contributed by atoms with E-state index in [4.69, 9.17) is 4.74 Å². The van der Waals surface area contributed by atoms with E-state index in [0.29, 0.717) is 32.0 Å². The molecule has 0 bridgehead atoms. The van der Waals surface area contributed by atoms with Crippen molar-refractivity contribution in [3.05, 3.63) is 0 Å². The van der Waals surface area contributed by atoms with Crippen LogP contribution in [0.15, 0.2) is 0 Å². The summed E-state index contributed by atoms with van der Waals surface area (Å²) in [6.07, 6.45) is 4.69. The number of hydrogen-bond donors (Lipinski definition) is 2. The van der Waals surface area contributed by atoms with Gasteiger partial charge in [0.1, 0.15) is 0 Å². The van der Waals surface area contributed by atoms with Crippen molar-refractivity contribution >= 4 is 12.0 Å². The van der Waals surface area contributed by atoms with Crippen LogP contribution in [0.25, 0.3) is 0 Å². The maximum absolute atomic E-state index is 12.5. The molecule has 22 heavy (non-hydrogen) atoms. The average molecular weight is 310 g/mol. The Morgan fingerprint density at radius 2 is 2.18 bits per heavy atom. The van der Waals surface area contributed by atoms with E-state index < -0.39 is 11.4 Å². The Kier molecular flexibility index (Phi) is 4.30. The van der Waals surface area contributed by atoms with E-state index in [0.717, 1.165) is 32.3 Å². The van der Waals surface area contributed by atoms with E-state index in [9.17, 15) is 14.7 Å². The van der Waals surface area contributed by atoms with Crippen LogP contribution in [0, 0.1) is 17.3 Å². The van der Waals surface area contributed by atoms with E-state index in [2.05, 4.69) is 5.32 Å². The second-order valence-corrected chi connectivity index (χ2v) is 7.15. The van der Waals surface area contributed by atoms with Gasteiger partial charge in [0.25, 0.3) is 0 Å². The van der Waals surface area contributed by atoms with Crippen molar-refractivity contribution in [3.8, 4) is 0 Å². The molecule has 0 radical (unpaired) electrons. The summed E-state index contributed by atoms with van der Waals surface area (Å²) >= 11 is 0. The Hall–Kier alpha value is -1.30. The van der Waals surface area contributed by atoms with Crippen molar-refractivity contribution in [2.75, 3.05) is 26.3 Å². The summed E-state index contributed by atoms with van der Waals surface area (Å²) in [5.74, 6) is -0.267. The van der Waals surface area contributed by atoms with Gasteiger partial charge in [0, 0.05) is 31.7 Å². The highest BCUT2D eigenvalue weighted by Crippen LogP contribution is 2.48. The topological polar surface area (TPSA) is 78.9 Å². The lowest BCUT2D eigenvalue weighted by Crippen LogP contribution is -2.48. The van der Waals surface area contributed by atoms with Crippen LogP contribution in [0.5, 0.6) is 0 Å². The number of ether oxygens (including phenoxy) is 1. The van der Waals surface area contributed by atoms with Crippen LogP contribution >= 0.6 is 0 Å². The van der Waals surface area contributed by atoms with Gasteiger partial charge < -0.3 is 20.1 Å². The number of carboxylic acid groups (broad SMARTS) is 1. The molecule has 6 heteroatoms. The standard InChI is InChI=1S/C16H26N2O4/c1-11(12-4-3-7-22-9-12)17-15(21)18-8-13-5-2-6-16(13,10-18)14(19)20/h11-13H,2-10H2,1H3,(H,17,21)(H,19,20)/t11?,12?,13-,16+/m0/s1. The summed E-state index contributed by atoms with van der Waals surface area (Å²) in [7, 11) is 0. The number of hydrogen-bond acceptors (Lipinski definition) is 3. The second-order valence-electron chi connectivity index (χ2n) is 7.15. The lowest BCUT2D eigenvalue weighted by atomic mass is 9.81. The van der Waals surface area contributed by atoms with Gasteiger partial charge in [-0.2, -0.15) is 0 Å². The average Bonchev–Trinajstić information content (AvgIpc) is 3.06. The molecule has 2 saturated heterocycles. The van der Waals surface area contributed by atoms with Gasteiger partial charge in [-0.15, -0.1) is 0 Å². The molecule has 2 unspecified atom stereocenters. The van der Waals surface area contributed by atoms with Crippen LogP contribution < -0.4 is 5.32 Å². The molecule has 124 valence electrons. The zero-order chi connectivity index (χ0) is 15.7. The Morgan fingerprint density at radius 3 is 2.82 bits per heavy atom. The third-order valence-corrected chi connectivity index (χ3v) is 5.84. The lowest BCUT2D eigenvalue weighted by molar-refractivity contribution is -0.149. The summed E-state index contributed by atoms with van der Waals surface area (Å²) < 4.78 is 5.48. The lowest BCUT2D eigenvalue weighted by Gasteiger charge is -2.30. The number of aliphatic carboxylic acids is 1. The smallest absolute Gasteiger partial charge is 0.317 e. The predicted molar refractivity (Wildman–Crippen MR) is 80.5 cm³/mol. The minimum Gasteiger partial charge on any atom is -0.481 e. The molecular weight excluding hydrogens is 284 g/mol. The maximum Gasteiger partial charge on any atom is 0.317 e. The fourth-order valence-corrected chi connectivity index (χ4v) is 4.36. The van der Waals surface area contributed by atoms with Crippen molar-refractivity contribution in [3.63, 3.8) is 0 Å². The minimum atomic E-state index is -0.737. The number of carbonyl (C=O) groups is 2. The SMILES string of the molecule is CC(NC(=O)N1C[C@@H]2CCC[C@@]2(C(=O)O)C1)C1CCCOC1. The normalized spacial score (nSPS) is 36.0. The molecule has 2 amide bonds. The third kappa shape index (κ3) is 2.69. The van der Waals surface area contributed by atoms with E-state index in [1.807, 2.05) is 6.92 Å². The molecule has 2 heterocycles. The number of amides is 2. The largest absolute Gasteiger partial charge is 0.481 e. The zero-order valence-electron chi connectivity index (χ0n) is 13.2. The van der Waals surface area contributed by atoms with Gasteiger partial charge in [-0.25, -0.2) is 4.79 Å². The summed E-state index contributed by atoms with van der Waals surface area (Å²) in [5.41, 5.74) is -0.700. The molecule has 2 N–H and O–H groups in total. The summed E-state index contributed by atoms with van der Waals surface area (Å²) in [6.45, 7) is 4.45. The first-order chi connectivity index (χ1) is 10.5. The van der Waals surface area contributed by atoms with Crippen LogP contribution in [-0.2, 0) is 9.53 Å². The molecule has 0 aromatic heterocycles. The van der Waals surface area contributed by atoms with Crippen molar-refractivity contribution in [1.29, 1.82) is 0 Å². The molecule has 1 saturated carbocycles. The molecule has 3 rings (SSSR count). The third-order valence-electron chi connectivity index (χ3n) is 5.84. The van der Waals surface area contributed by atoms with Crippen LogP contribution in [-0.4, -0.2) is 54.4 Å². The van der Waals surface area contributed by atoms with Gasteiger partial charge in [-0.3, -0.25) is 4.79 Å². The molecule has 2 aliphatic heterocycles. The highest BCUT2D eigenvalue weighted by Gasteiger charge is 2.55. The Bertz CT molecular complexity index is 449. The van der Waals surface area contributed by atoms with Crippen LogP contribution in [0.2, 0.25) is 0 Å². The van der Waals surface area contributed by atoms with Crippen molar-refractivity contribution in [2.45, 2.75) is 45.1 Å². The van der Waals surface area contributed by atoms with Gasteiger partial charge in [0.05, 0.1) is 12.0 Å². The minimum absolute atomic E-state index is 0.0639. The molecule has 4 atom stereocenters. The van der Waals surface area contributed by atoms with Gasteiger partial charge in [0.2, 0.25) is 0 Å². The predicted octanol–water partition coefficient (Wildman–Crippen LogP) is 1.70. The van der Waals surface area contributed by atoms with Crippen molar-refractivity contribution in [1.82, 2.24) is 10.2 Å². The summed E-state index contributed by atoms with van der Waals surface area (Å²) in [4.78, 5) is 25.8. The zero-order valence-corrected chi connectivity index (χ0v) is 13.2. The quantitative estimate of drug-likeness (QED) is 0.831. The second kappa shape index (κ2) is 6.07. The Balaban J connectivity index is 1.58. The van der Waals surface area contributed by atoms with Crippen LogP contribution in [0.1, 0.15) is 39.0 Å². The Labute approximate surface area is 131 Å². The number of fused-ring (bicyclic) bond motifs is 1. The summed E-state index contributed by atoms with van der Waals surface area (Å²) in [6, 6.07) is -0.0536. The maximum atomic E-state index is 12.5. The number of urea groups is 1. The number of likely N-dealkylation sites (tertiary alicyclic amines) is 1. The summed E-state index contributed by atoms with van der Waals surface area (Å²) in [5, 5.41) is 12.6. The highest BCUT2D eigenvalue weighted by molar-refractivity contribution is 5.80. The van der Waals surface area contributed by atoms with E-state index in [-0.39, 0.29) is 18.0 Å². The number of nitrogens with one attached hydrogen (secondary N) is 1. The first-order valence-electron chi connectivity index (χ1n) is 8.39. The van der Waals surface area contributed by atoms with Gasteiger partial charge in [0.15, 0.2) is 0 Å². The fourth-order valence-electron chi connectivity index (χ4n) is 4.36. The Morgan fingerprint density at radius 1 is 1.36 bits per heavy atom. The number of rotatable bonds is 3.